The molecular formula is C20H21N5O2. The minimum absolute atomic E-state index is 0.127. The minimum atomic E-state index is -0.283. The molecule has 3 N–H and O–H groups in total. The summed E-state index contributed by atoms with van der Waals surface area (Å²) in [5, 5.41) is 8.53. The summed E-state index contributed by atoms with van der Waals surface area (Å²) < 4.78 is 1.22. The van der Waals surface area contributed by atoms with Crippen LogP contribution in [0.15, 0.2) is 53.3 Å². The fraction of sp³-hybridized carbons (Fsp3) is 0.250. The van der Waals surface area contributed by atoms with Crippen molar-refractivity contribution in [1.82, 2.24) is 20.6 Å². The van der Waals surface area contributed by atoms with Crippen molar-refractivity contribution < 1.29 is 4.79 Å². The number of rotatable bonds is 4. The number of carbonyl (C=O) groups is 1. The van der Waals surface area contributed by atoms with Crippen LogP contribution in [0.1, 0.15) is 23.7 Å². The van der Waals surface area contributed by atoms with Crippen molar-refractivity contribution in [3.63, 3.8) is 0 Å². The number of amides is 1. The van der Waals surface area contributed by atoms with Gasteiger partial charge in [0.05, 0.1) is 11.1 Å². The van der Waals surface area contributed by atoms with Gasteiger partial charge in [0, 0.05) is 23.7 Å². The number of anilines is 1. The fourth-order valence-corrected chi connectivity index (χ4v) is 3.42. The highest BCUT2D eigenvalue weighted by Crippen LogP contribution is 2.21. The lowest BCUT2D eigenvalue weighted by molar-refractivity contribution is -0.117. The van der Waals surface area contributed by atoms with Crippen LogP contribution >= 0.6 is 0 Å². The third-order valence-electron chi connectivity index (χ3n) is 4.75. The van der Waals surface area contributed by atoms with Crippen LogP contribution in [0.2, 0.25) is 0 Å². The molecule has 1 aliphatic heterocycles. The smallest absolute Gasteiger partial charge is 0.275 e. The van der Waals surface area contributed by atoms with E-state index in [0.717, 1.165) is 29.6 Å². The van der Waals surface area contributed by atoms with Crippen molar-refractivity contribution in [1.29, 1.82) is 0 Å². The van der Waals surface area contributed by atoms with Gasteiger partial charge in [-0.3, -0.25) is 20.4 Å². The Labute approximate surface area is 156 Å². The second-order valence-corrected chi connectivity index (χ2v) is 6.68. The largest absolute Gasteiger partial charge is 0.324 e. The maximum Gasteiger partial charge on any atom is 0.275 e. The van der Waals surface area contributed by atoms with E-state index in [1.54, 1.807) is 6.07 Å². The first kappa shape index (κ1) is 17.4. The Hall–Kier alpha value is -3.03. The molecule has 2 aromatic carbocycles. The summed E-state index contributed by atoms with van der Waals surface area (Å²) in [7, 11) is 0. The number of hydrazine groups is 1. The maximum absolute atomic E-state index is 12.6. The average molecular weight is 363 g/mol. The molecule has 0 bridgehead atoms. The highest BCUT2D eigenvalue weighted by atomic mass is 16.2. The molecule has 0 spiro atoms. The highest BCUT2D eigenvalue weighted by molar-refractivity contribution is 5.91. The molecule has 0 saturated carbocycles. The van der Waals surface area contributed by atoms with Gasteiger partial charge in [-0.25, -0.2) is 4.68 Å². The van der Waals surface area contributed by atoms with Crippen LogP contribution in [0.25, 0.3) is 10.8 Å². The third-order valence-corrected chi connectivity index (χ3v) is 4.75. The summed E-state index contributed by atoms with van der Waals surface area (Å²) in [6, 6.07) is 15.3. The Balaban J connectivity index is 1.53. The number of nitrogens with one attached hydrogen (secondary N) is 3. The summed E-state index contributed by atoms with van der Waals surface area (Å²) in [5.74, 6) is -0.283. The topological polar surface area (TPSA) is 88.1 Å². The predicted octanol–water partition coefficient (Wildman–Crippen LogP) is 1.88. The van der Waals surface area contributed by atoms with E-state index in [-0.39, 0.29) is 24.1 Å². The summed E-state index contributed by atoms with van der Waals surface area (Å²) in [4.78, 5) is 25.1. The number of aryl methyl sites for hydroxylation is 1. The number of carbonyl (C=O) groups excluding carboxylic acids is 1. The van der Waals surface area contributed by atoms with Gasteiger partial charge in [0.2, 0.25) is 5.91 Å². The quantitative estimate of drug-likeness (QED) is 0.659. The van der Waals surface area contributed by atoms with E-state index in [1.807, 2.05) is 49.4 Å². The third kappa shape index (κ3) is 3.60. The van der Waals surface area contributed by atoms with Crippen LogP contribution in [0.3, 0.4) is 0 Å². The Morgan fingerprint density at radius 1 is 1.22 bits per heavy atom. The van der Waals surface area contributed by atoms with Crippen LogP contribution in [0.4, 0.5) is 5.69 Å². The van der Waals surface area contributed by atoms with Crippen LogP contribution < -0.4 is 21.7 Å². The van der Waals surface area contributed by atoms with Crippen LogP contribution in [0.5, 0.6) is 0 Å². The number of benzene rings is 2. The van der Waals surface area contributed by atoms with Crippen molar-refractivity contribution in [2.75, 3.05) is 11.9 Å². The molecule has 1 aromatic heterocycles. The number of aromatic nitrogens is 2. The summed E-state index contributed by atoms with van der Waals surface area (Å²) in [5.41, 5.74) is 8.58. The molecule has 4 rings (SSSR count). The van der Waals surface area contributed by atoms with Crippen molar-refractivity contribution in [3.05, 3.63) is 70.1 Å². The lowest BCUT2D eigenvalue weighted by atomic mass is 10.0. The van der Waals surface area contributed by atoms with Crippen LogP contribution in [0, 0.1) is 6.92 Å². The van der Waals surface area contributed by atoms with Crippen LogP contribution in [-0.2, 0) is 11.3 Å². The van der Waals surface area contributed by atoms with E-state index in [2.05, 4.69) is 21.3 Å². The van der Waals surface area contributed by atoms with Crippen LogP contribution in [-0.4, -0.2) is 22.2 Å². The number of hydrogen-bond donors (Lipinski definition) is 3. The molecule has 1 fully saturated rings. The highest BCUT2D eigenvalue weighted by Gasteiger charge is 2.16. The van der Waals surface area contributed by atoms with Gasteiger partial charge < -0.3 is 5.32 Å². The Morgan fingerprint density at radius 2 is 2.04 bits per heavy atom. The predicted molar refractivity (Wildman–Crippen MR) is 104 cm³/mol. The van der Waals surface area contributed by atoms with Gasteiger partial charge in [0.1, 0.15) is 6.54 Å². The standard InChI is InChI=1S/C20H21N5O2/c1-13-16-7-2-3-8-17(16)20(27)25(24-13)12-19(26)22-15-6-4-5-14(11-15)18-9-10-21-23-18/h2-8,11,18,21,23H,9-10,12H2,1H3,(H,22,26). The number of nitrogens with zero attached hydrogens (tertiary/aromatic N) is 2. The van der Waals surface area contributed by atoms with Gasteiger partial charge in [-0.05, 0) is 37.1 Å². The lowest BCUT2D eigenvalue weighted by Gasteiger charge is -2.13. The molecular weight excluding hydrogens is 342 g/mol. The van der Waals surface area contributed by atoms with Crippen molar-refractivity contribution in [2.45, 2.75) is 25.9 Å². The summed E-state index contributed by atoms with van der Waals surface area (Å²) in [6.45, 7) is 2.62. The molecule has 2 heterocycles. The second-order valence-electron chi connectivity index (χ2n) is 6.68. The molecule has 1 amide bonds. The van der Waals surface area contributed by atoms with E-state index < -0.39 is 0 Å². The van der Waals surface area contributed by atoms with Gasteiger partial charge in [0.25, 0.3) is 5.56 Å². The van der Waals surface area contributed by atoms with Crippen molar-refractivity contribution in [2.24, 2.45) is 0 Å². The molecule has 1 saturated heterocycles. The van der Waals surface area contributed by atoms with E-state index >= 15 is 0 Å². The Kier molecular flexibility index (Phi) is 4.70. The average Bonchev–Trinajstić information content (AvgIpc) is 3.21. The zero-order valence-electron chi connectivity index (χ0n) is 15.0. The zero-order chi connectivity index (χ0) is 18.8. The number of hydrogen-bond acceptors (Lipinski definition) is 5. The Morgan fingerprint density at radius 3 is 2.81 bits per heavy atom. The first-order valence-electron chi connectivity index (χ1n) is 8.96. The molecule has 138 valence electrons. The molecule has 1 aliphatic rings. The summed E-state index contributed by atoms with van der Waals surface area (Å²) >= 11 is 0. The van der Waals surface area contributed by atoms with Gasteiger partial charge >= 0.3 is 0 Å². The molecule has 3 aromatic rings. The SMILES string of the molecule is Cc1nn(CC(=O)Nc2cccc(C3CCNN3)c2)c(=O)c2ccccc12. The van der Waals surface area contributed by atoms with Crippen molar-refractivity contribution >= 4 is 22.4 Å². The number of fused-ring (bicyclic) bond motifs is 1. The maximum atomic E-state index is 12.6. The molecule has 7 nitrogen and oxygen atoms in total. The van der Waals surface area contributed by atoms with E-state index in [4.69, 9.17) is 0 Å². The molecule has 27 heavy (non-hydrogen) atoms. The first-order valence-corrected chi connectivity index (χ1v) is 8.96. The lowest BCUT2D eigenvalue weighted by Crippen LogP contribution is -2.30. The van der Waals surface area contributed by atoms with Gasteiger partial charge in [-0.15, -0.1) is 0 Å². The normalized spacial score (nSPS) is 16.6. The first-order chi connectivity index (χ1) is 13.1. The van der Waals surface area contributed by atoms with E-state index in [0.29, 0.717) is 11.1 Å². The Bertz CT molecular complexity index is 1050. The van der Waals surface area contributed by atoms with E-state index in [1.165, 1.54) is 4.68 Å². The summed E-state index contributed by atoms with van der Waals surface area (Å²) in [6.07, 6.45) is 0.993. The molecule has 0 radical (unpaired) electrons. The zero-order valence-corrected chi connectivity index (χ0v) is 15.0. The minimum Gasteiger partial charge on any atom is -0.324 e. The van der Waals surface area contributed by atoms with Gasteiger partial charge in [0.15, 0.2) is 0 Å². The second kappa shape index (κ2) is 7.30. The van der Waals surface area contributed by atoms with Gasteiger partial charge in [-0.2, -0.15) is 5.10 Å². The fourth-order valence-electron chi connectivity index (χ4n) is 3.42. The van der Waals surface area contributed by atoms with Gasteiger partial charge in [-0.1, -0.05) is 30.3 Å². The molecule has 1 atom stereocenters. The molecule has 0 aliphatic carbocycles. The monoisotopic (exact) mass is 363 g/mol. The molecule has 1 unspecified atom stereocenters. The van der Waals surface area contributed by atoms with Crippen molar-refractivity contribution in [3.8, 4) is 0 Å². The van der Waals surface area contributed by atoms with E-state index in [9.17, 15) is 9.59 Å². The molecule has 7 heteroatoms.